The van der Waals surface area contributed by atoms with Gasteiger partial charge in [-0.3, -0.25) is 14.4 Å². The fourth-order valence-corrected chi connectivity index (χ4v) is 4.15. The molecular weight excluding hydrogens is 365 g/mol. The zero-order valence-electron chi connectivity index (χ0n) is 16.0. The smallest absolute Gasteiger partial charge is 0.251 e. The van der Waals surface area contributed by atoms with Gasteiger partial charge in [-0.2, -0.15) is 0 Å². The summed E-state index contributed by atoms with van der Waals surface area (Å²) in [5, 5.41) is 12.7. The molecule has 8 heteroatoms. The van der Waals surface area contributed by atoms with E-state index in [1.807, 2.05) is 0 Å². The topological polar surface area (TPSA) is 89.9 Å². The molecule has 1 aromatic rings. The number of halogens is 1. The van der Waals surface area contributed by atoms with Crippen LogP contribution in [0.15, 0.2) is 24.3 Å². The quantitative estimate of drug-likeness (QED) is 0.794. The van der Waals surface area contributed by atoms with Gasteiger partial charge in [-0.15, -0.1) is 0 Å². The Morgan fingerprint density at radius 1 is 1.25 bits per heavy atom. The highest BCUT2D eigenvalue weighted by molar-refractivity contribution is 5.94. The molecule has 1 unspecified atom stereocenters. The van der Waals surface area contributed by atoms with Crippen molar-refractivity contribution in [3.8, 4) is 0 Å². The number of hydrogen-bond donors (Lipinski definition) is 2. The van der Waals surface area contributed by atoms with Crippen LogP contribution in [0.4, 0.5) is 4.39 Å². The largest absolute Gasteiger partial charge is 0.391 e. The van der Waals surface area contributed by atoms with Crippen LogP contribution in [0.5, 0.6) is 0 Å². The number of likely N-dealkylation sites (tertiary alicyclic amines) is 2. The van der Waals surface area contributed by atoms with Crippen LogP contribution in [0.2, 0.25) is 0 Å². The van der Waals surface area contributed by atoms with Gasteiger partial charge in [0.2, 0.25) is 11.8 Å². The third-order valence-electron chi connectivity index (χ3n) is 5.72. The number of carbonyl (C=O) groups is 3. The number of nitrogens with zero attached hydrogens (tertiary/aromatic N) is 2. The molecule has 0 bridgehead atoms. The lowest BCUT2D eigenvalue weighted by Gasteiger charge is -2.47. The Morgan fingerprint density at radius 2 is 1.89 bits per heavy atom. The Hall–Kier alpha value is -2.48. The molecule has 2 aliphatic heterocycles. The van der Waals surface area contributed by atoms with Crippen LogP contribution in [-0.4, -0.2) is 72.0 Å². The van der Waals surface area contributed by atoms with Crippen molar-refractivity contribution in [3.05, 3.63) is 35.6 Å². The number of β-amino-alcohol motifs (C(OH)–C–C–N with tert-alkyl or cyclic N) is 1. The second kappa shape index (κ2) is 8.26. The monoisotopic (exact) mass is 391 g/mol. The van der Waals surface area contributed by atoms with Crippen LogP contribution in [0, 0.1) is 11.2 Å². The van der Waals surface area contributed by atoms with Gasteiger partial charge in [-0.25, -0.2) is 4.39 Å². The van der Waals surface area contributed by atoms with Gasteiger partial charge in [0.15, 0.2) is 0 Å². The molecule has 28 heavy (non-hydrogen) atoms. The SMILES string of the molecule is CN1CC(O)CC2(CCN(C(=O)CCNC(=O)c3ccc(F)cc3)CC2)C1=O. The predicted octanol–water partition coefficient (Wildman–Crippen LogP) is 0.777. The number of aliphatic hydroxyl groups is 1. The van der Waals surface area contributed by atoms with Crippen LogP contribution in [-0.2, 0) is 9.59 Å². The predicted molar refractivity (Wildman–Crippen MR) is 99.9 cm³/mol. The van der Waals surface area contributed by atoms with E-state index in [-0.39, 0.29) is 30.7 Å². The molecule has 0 aliphatic carbocycles. The third-order valence-corrected chi connectivity index (χ3v) is 5.72. The average Bonchev–Trinajstić information content (AvgIpc) is 2.67. The summed E-state index contributed by atoms with van der Waals surface area (Å²) in [6.45, 7) is 1.49. The first-order valence-electron chi connectivity index (χ1n) is 9.56. The van der Waals surface area contributed by atoms with E-state index in [1.54, 1.807) is 16.8 Å². The van der Waals surface area contributed by atoms with Gasteiger partial charge < -0.3 is 20.2 Å². The second-order valence-corrected chi connectivity index (χ2v) is 7.72. The molecule has 2 N–H and O–H groups in total. The number of rotatable bonds is 4. The maximum atomic E-state index is 12.9. The Morgan fingerprint density at radius 3 is 2.54 bits per heavy atom. The van der Waals surface area contributed by atoms with Crippen LogP contribution in [0.1, 0.15) is 36.0 Å². The standard InChI is InChI=1S/C20H26FN3O4/c1-23-13-16(25)12-20(19(23)28)7-10-24(11-8-20)17(26)6-9-22-18(27)14-2-4-15(21)5-3-14/h2-5,16,25H,6-13H2,1H3,(H,22,27). The summed E-state index contributed by atoms with van der Waals surface area (Å²) < 4.78 is 12.9. The van der Waals surface area contributed by atoms with Crippen molar-refractivity contribution in [1.82, 2.24) is 15.1 Å². The van der Waals surface area contributed by atoms with Crippen molar-refractivity contribution in [3.63, 3.8) is 0 Å². The van der Waals surface area contributed by atoms with E-state index in [4.69, 9.17) is 0 Å². The molecule has 1 aromatic carbocycles. The van der Waals surface area contributed by atoms with Gasteiger partial charge in [0.25, 0.3) is 5.91 Å². The first kappa shape index (κ1) is 20.3. The minimum Gasteiger partial charge on any atom is -0.391 e. The molecule has 2 aliphatic rings. The van der Waals surface area contributed by atoms with Crippen LogP contribution in [0.3, 0.4) is 0 Å². The Labute approximate surface area is 163 Å². The molecule has 152 valence electrons. The zero-order valence-corrected chi connectivity index (χ0v) is 16.0. The molecule has 7 nitrogen and oxygen atoms in total. The number of benzene rings is 1. The second-order valence-electron chi connectivity index (χ2n) is 7.72. The highest BCUT2D eigenvalue weighted by Gasteiger charge is 2.47. The van der Waals surface area contributed by atoms with Gasteiger partial charge in [0.1, 0.15) is 5.82 Å². The zero-order chi connectivity index (χ0) is 20.3. The van der Waals surface area contributed by atoms with Crippen LogP contribution < -0.4 is 5.32 Å². The van der Waals surface area contributed by atoms with E-state index in [9.17, 15) is 23.9 Å². The van der Waals surface area contributed by atoms with Crippen molar-refractivity contribution in [2.24, 2.45) is 5.41 Å². The number of amides is 3. The third kappa shape index (κ3) is 4.32. The number of hydrogen-bond acceptors (Lipinski definition) is 4. The van der Waals surface area contributed by atoms with E-state index in [1.165, 1.54) is 24.3 Å². The molecule has 3 rings (SSSR count). The van der Waals surface area contributed by atoms with Gasteiger partial charge in [0, 0.05) is 45.2 Å². The Bertz CT molecular complexity index is 744. The number of likely N-dealkylation sites (N-methyl/N-ethyl adjacent to an activating group) is 1. The first-order chi connectivity index (χ1) is 13.3. The van der Waals surface area contributed by atoms with E-state index in [2.05, 4.69) is 5.32 Å². The van der Waals surface area contributed by atoms with Gasteiger partial charge in [-0.05, 0) is 43.5 Å². The fourth-order valence-electron chi connectivity index (χ4n) is 4.15. The summed E-state index contributed by atoms with van der Waals surface area (Å²) in [4.78, 5) is 40.3. The molecule has 0 saturated carbocycles. The fraction of sp³-hybridized carbons (Fsp3) is 0.550. The maximum Gasteiger partial charge on any atom is 0.251 e. The van der Waals surface area contributed by atoms with Crippen molar-refractivity contribution >= 4 is 17.7 Å². The molecule has 0 aromatic heterocycles. The summed E-state index contributed by atoms with van der Waals surface area (Å²) in [5.74, 6) is -0.789. The van der Waals surface area contributed by atoms with Gasteiger partial charge in [0.05, 0.1) is 11.5 Å². The van der Waals surface area contributed by atoms with Crippen molar-refractivity contribution in [1.29, 1.82) is 0 Å². The van der Waals surface area contributed by atoms with Gasteiger partial charge >= 0.3 is 0 Å². The first-order valence-corrected chi connectivity index (χ1v) is 9.56. The van der Waals surface area contributed by atoms with E-state index >= 15 is 0 Å². The van der Waals surface area contributed by atoms with E-state index < -0.39 is 17.3 Å². The van der Waals surface area contributed by atoms with E-state index in [0.717, 1.165) is 0 Å². The minimum atomic E-state index is -0.569. The lowest BCUT2D eigenvalue weighted by atomic mass is 9.71. The van der Waals surface area contributed by atoms with Crippen LogP contribution >= 0.6 is 0 Å². The molecule has 0 radical (unpaired) electrons. The molecule has 2 saturated heterocycles. The summed E-state index contributed by atoms with van der Waals surface area (Å²) in [6, 6.07) is 5.21. The number of nitrogens with one attached hydrogen (secondary N) is 1. The minimum absolute atomic E-state index is 0.0523. The lowest BCUT2D eigenvalue weighted by Crippen LogP contribution is -2.57. The molecular formula is C20H26FN3O4. The Balaban J connectivity index is 1.46. The number of aliphatic hydroxyl groups excluding tert-OH is 1. The maximum absolute atomic E-state index is 12.9. The number of carbonyl (C=O) groups excluding carboxylic acids is 3. The summed E-state index contributed by atoms with van der Waals surface area (Å²) in [7, 11) is 1.70. The highest BCUT2D eigenvalue weighted by atomic mass is 19.1. The molecule has 1 spiro atoms. The van der Waals surface area contributed by atoms with Crippen LogP contribution in [0.25, 0.3) is 0 Å². The molecule has 2 fully saturated rings. The summed E-state index contributed by atoms with van der Waals surface area (Å²) >= 11 is 0. The average molecular weight is 391 g/mol. The Kier molecular flexibility index (Phi) is 5.98. The highest BCUT2D eigenvalue weighted by Crippen LogP contribution is 2.40. The molecule has 1 atom stereocenters. The van der Waals surface area contributed by atoms with E-state index in [0.29, 0.717) is 44.5 Å². The molecule has 2 heterocycles. The number of piperidine rings is 2. The van der Waals surface area contributed by atoms with Crippen molar-refractivity contribution in [2.75, 3.05) is 33.2 Å². The van der Waals surface area contributed by atoms with Crippen molar-refractivity contribution < 1.29 is 23.9 Å². The molecule has 3 amide bonds. The van der Waals surface area contributed by atoms with Gasteiger partial charge in [-0.1, -0.05) is 0 Å². The normalized spacial score (nSPS) is 21.7. The summed E-state index contributed by atoms with van der Waals surface area (Å²) in [5.41, 5.74) is -0.229. The lowest BCUT2D eigenvalue weighted by molar-refractivity contribution is -0.156. The van der Waals surface area contributed by atoms with Crippen molar-refractivity contribution in [2.45, 2.75) is 31.8 Å². The summed E-state index contributed by atoms with van der Waals surface area (Å²) in [6.07, 6.45) is 1.18.